The molecule has 0 N–H and O–H groups in total. The molecule has 0 bridgehead atoms. The zero-order valence-corrected chi connectivity index (χ0v) is 13.4. The third-order valence-corrected chi connectivity index (χ3v) is 4.10. The Morgan fingerprint density at radius 2 is 1.58 bits per heavy atom. The van der Waals surface area contributed by atoms with Crippen molar-refractivity contribution in [3.63, 3.8) is 0 Å². The molecule has 1 atom stereocenters. The quantitative estimate of drug-likeness (QED) is 0.602. The van der Waals surface area contributed by atoms with E-state index in [1.165, 1.54) is 12.1 Å². The molecule has 19 heavy (non-hydrogen) atoms. The molecule has 0 aliphatic heterocycles. The number of alkyl halides is 1. The van der Waals surface area contributed by atoms with Gasteiger partial charge in [0, 0.05) is 4.47 Å². The van der Waals surface area contributed by atoms with Gasteiger partial charge in [-0.25, -0.2) is 4.39 Å². The third-order valence-electron chi connectivity index (χ3n) is 3.17. The first kappa shape index (κ1) is 14.5. The summed E-state index contributed by atoms with van der Waals surface area (Å²) in [6.07, 6.45) is 0. The minimum absolute atomic E-state index is 0.215. The van der Waals surface area contributed by atoms with Crippen LogP contribution in [0.5, 0.6) is 0 Å². The van der Waals surface area contributed by atoms with E-state index in [2.05, 4.69) is 22.0 Å². The fourth-order valence-corrected chi connectivity index (χ4v) is 3.49. The third kappa shape index (κ3) is 3.18. The second-order valence-electron chi connectivity index (χ2n) is 4.88. The zero-order chi connectivity index (χ0) is 14.2. The molecule has 2 rings (SSSR count). The highest BCUT2D eigenvalue weighted by molar-refractivity contribution is 9.10. The van der Waals surface area contributed by atoms with E-state index in [1.807, 2.05) is 32.9 Å². The molecule has 0 fully saturated rings. The number of hydrogen-bond donors (Lipinski definition) is 0. The van der Waals surface area contributed by atoms with Crippen molar-refractivity contribution in [1.82, 2.24) is 0 Å². The van der Waals surface area contributed by atoms with Crippen LogP contribution < -0.4 is 0 Å². The molecule has 2 aromatic rings. The van der Waals surface area contributed by atoms with Gasteiger partial charge >= 0.3 is 0 Å². The normalized spacial score (nSPS) is 12.5. The van der Waals surface area contributed by atoms with E-state index < -0.39 is 0 Å². The smallest absolute Gasteiger partial charge is 0.123 e. The maximum absolute atomic E-state index is 13.4. The largest absolute Gasteiger partial charge is 0.207 e. The highest BCUT2D eigenvalue weighted by Gasteiger charge is 2.17. The molecule has 100 valence electrons. The minimum atomic E-state index is -0.267. The SMILES string of the molecule is Cc1cc(Br)cc(C(Cl)c2c(C)cc(F)cc2C)c1. The van der Waals surface area contributed by atoms with Gasteiger partial charge in [0.05, 0.1) is 5.38 Å². The van der Waals surface area contributed by atoms with Crippen molar-refractivity contribution in [2.24, 2.45) is 0 Å². The summed E-state index contributed by atoms with van der Waals surface area (Å²) in [4.78, 5) is 0. The van der Waals surface area contributed by atoms with Crippen molar-refractivity contribution in [3.05, 3.63) is 68.4 Å². The molecule has 0 saturated heterocycles. The predicted octanol–water partition coefficient (Wildman–Crippen LogP) is 5.84. The summed E-state index contributed by atoms with van der Waals surface area (Å²) in [6, 6.07) is 9.17. The van der Waals surface area contributed by atoms with Gasteiger partial charge in [-0.2, -0.15) is 0 Å². The lowest BCUT2D eigenvalue weighted by Crippen LogP contribution is -2.01. The maximum atomic E-state index is 13.4. The molecule has 0 aliphatic carbocycles. The molecule has 0 radical (unpaired) electrons. The van der Waals surface area contributed by atoms with Crippen molar-refractivity contribution >= 4 is 27.5 Å². The lowest BCUT2D eigenvalue weighted by atomic mass is 9.95. The fourth-order valence-electron chi connectivity index (χ4n) is 2.40. The Kier molecular flexibility index (Phi) is 4.32. The van der Waals surface area contributed by atoms with E-state index in [0.29, 0.717) is 0 Å². The summed E-state index contributed by atoms with van der Waals surface area (Å²) in [5.41, 5.74) is 4.92. The van der Waals surface area contributed by atoms with Gasteiger partial charge in [-0.3, -0.25) is 0 Å². The lowest BCUT2D eigenvalue weighted by molar-refractivity contribution is 0.624. The van der Waals surface area contributed by atoms with Crippen LogP contribution in [0.25, 0.3) is 0 Å². The Labute approximate surface area is 126 Å². The van der Waals surface area contributed by atoms with Crippen LogP contribution in [0.15, 0.2) is 34.8 Å². The van der Waals surface area contributed by atoms with Crippen LogP contribution in [0.1, 0.15) is 33.2 Å². The van der Waals surface area contributed by atoms with Crippen LogP contribution in [0.4, 0.5) is 4.39 Å². The first-order chi connectivity index (χ1) is 8.88. The average molecular weight is 342 g/mol. The Hall–Kier alpha value is -0.860. The molecule has 0 nitrogen and oxygen atoms in total. The molecule has 3 heteroatoms. The lowest BCUT2D eigenvalue weighted by Gasteiger charge is -2.17. The van der Waals surface area contributed by atoms with Crippen molar-refractivity contribution < 1.29 is 4.39 Å². The summed E-state index contributed by atoms with van der Waals surface area (Å²) in [5.74, 6) is -0.215. The van der Waals surface area contributed by atoms with Gasteiger partial charge in [-0.05, 0) is 72.9 Å². The fraction of sp³-hybridized carbons (Fsp3) is 0.250. The number of rotatable bonds is 2. The standard InChI is InChI=1S/C16H15BrClF/c1-9-4-12(8-13(17)5-9)16(18)15-10(2)6-14(19)7-11(15)3/h4-8,16H,1-3H3. The summed E-state index contributed by atoms with van der Waals surface area (Å²) in [7, 11) is 0. The summed E-state index contributed by atoms with van der Waals surface area (Å²) in [5, 5.41) is -0.267. The van der Waals surface area contributed by atoms with Gasteiger partial charge in [-0.1, -0.05) is 22.0 Å². The van der Waals surface area contributed by atoms with Crippen molar-refractivity contribution in [3.8, 4) is 0 Å². The summed E-state index contributed by atoms with van der Waals surface area (Å²) < 4.78 is 14.4. The van der Waals surface area contributed by atoms with Crippen LogP contribution >= 0.6 is 27.5 Å². The zero-order valence-electron chi connectivity index (χ0n) is 11.1. The number of aryl methyl sites for hydroxylation is 3. The number of hydrogen-bond acceptors (Lipinski definition) is 0. The highest BCUT2D eigenvalue weighted by atomic mass is 79.9. The van der Waals surface area contributed by atoms with E-state index in [-0.39, 0.29) is 11.2 Å². The second-order valence-corrected chi connectivity index (χ2v) is 6.23. The van der Waals surface area contributed by atoms with Crippen molar-refractivity contribution in [1.29, 1.82) is 0 Å². The molecule has 0 amide bonds. The van der Waals surface area contributed by atoms with Crippen molar-refractivity contribution in [2.45, 2.75) is 26.1 Å². The van der Waals surface area contributed by atoms with Gasteiger partial charge in [0.2, 0.25) is 0 Å². The second kappa shape index (κ2) is 5.64. The van der Waals surface area contributed by atoms with Crippen LogP contribution in [-0.2, 0) is 0 Å². The highest BCUT2D eigenvalue weighted by Crippen LogP contribution is 2.35. The summed E-state index contributed by atoms with van der Waals surface area (Å²) >= 11 is 10.1. The van der Waals surface area contributed by atoms with Crippen molar-refractivity contribution in [2.75, 3.05) is 0 Å². The maximum Gasteiger partial charge on any atom is 0.123 e. The van der Waals surface area contributed by atoms with E-state index >= 15 is 0 Å². The van der Waals surface area contributed by atoms with Crippen LogP contribution in [0.3, 0.4) is 0 Å². The molecular weight excluding hydrogens is 327 g/mol. The average Bonchev–Trinajstić information content (AvgIpc) is 2.25. The monoisotopic (exact) mass is 340 g/mol. The molecule has 0 aliphatic rings. The Morgan fingerprint density at radius 1 is 1.00 bits per heavy atom. The van der Waals surface area contributed by atoms with Gasteiger partial charge in [0.15, 0.2) is 0 Å². The molecular formula is C16H15BrClF. The molecule has 0 heterocycles. The summed E-state index contributed by atoms with van der Waals surface area (Å²) in [6.45, 7) is 5.82. The molecule has 0 saturated carbocycles. The minimum Gasteiger partial charge on any atom is -0.207 e. The van der Waals surface area contributed by atoms with E-state index in [9.17, 15) is 4.39 Å². The topological polar surface area (TPSA) is 0 Å². The van der Waals surface area contributed by atoms with Gasteiger partial charge < -0.3 is 0 Å². The Morgan fingerprint density at radius 3 is 2.11 bits per heavy atom. The molecule has 1 unspecified atom stereocenters. The predicted molar refractivity (Wildman–Crippen MR) is 82.4 cm³/mol. The van der Waals surface area contributed by atoms with E-state index in [4.69, 9.17) is 11.6 Å². The van der Waals surface area contributed by atoms with E-state index in [1.54, 1.807) is 0 Å². The van der Waals surface area contributed by atoms with Gasteiger partial charge in [-0.15, -0.1) is 11.6 Å². The first-order valence-corrected chi connectivity index (χ1v) is 7.29. The number of halogens is 3. The molecule has 2 aromatic carbocycles. The van der Waals surface area contributed by atoms with Gasteiger partial charge in [0.1, 0.15) is 5.82 Å². The number of benzene rings is 2. The molecule has 0 spiro atoms. The van der Waals surface area contributed by atoms with Gasteiger partial charge in [0.25, 0.3) is 0 Å². The first-order valence-electron chi connectivity index (χ1n) is 6.06. The molecule has 0 aromatic heterocycles. The Bertz CT molecular complexity index is 579. The van der Waals surface area contributed by atoms with Crippen LogP contribution in [-0.4, -0.2) is 0 Å². The van der Waals surface area contributed by atoms with Crippen LogP contribution in [0.2, 0.25) is 0 Å². The van der Waals surface area contributed by atoms with Crippen LogP contribution in [0, 0.1) is 26.6 Å². The van der Waals surface area contributed by atoms with E-state index in [0.717, 1.165) is 32.3 Å². The Balaban J connectivity index is 2.52.